The maximum absolute atomic E-state index is 10.7. The molecule has 0 radical (unpaired) electrons. The summed E-state index contributed by atoms with van der Waals surface area (Å²) in [7, 11) is 0. The van der Waals surface area contributed by atoms with E-state index in [2.05, 4.69) is 18.7 Å². The molecule has 0 unspecified atom stereocenters. The molecule has 1 heterocycles. The van der Waals surface area contributed by atoms with Crippen LogP contribution in [0.5, 0.6) is 0 Å². The number of nitrogens with zero attached hydrogens (tertiary/aromatic N) is 2. The van der Waals surface area contributed by atoms with Crippen molar-refractivity contribution in [1.29, 1.82) is 0 Å². The van der Waals surface area contributed by atoms with Gasteiger partial charge in [-0.3, -0.25) is 9.69 Å². The molecule has 0 bridgehead atoms. The Labute approximate surface area is 98.2 Å². The number of piperidine rings is 1. The molecule has 1 saturated heterocycles. The van der Waals surface area contributed by atoms with Gasteiger partial charge in [0.15, 0.2) is 0 Å². The molecule has 0 amide bonds. The van der Waals surface area contributed by atoms with Crippen LogP contribution in [0.25, 0.3) is 0 Å². The van der Waals surface area contributed by atoms with Crippen molar-refractivity contribution in [3.05, 3.63) is 0 Å². The fourth-order valence-corrected chi connectivity index (χ4v) is 2.15. The largest absolute Gasteiger partial charge is 0.480 e. The van der Waals surface area contributed by atoms with E-state index < -0.39 is 5.97 Å². The van der Waals surface area contributed by atoms with Gasteiger partial charge in [-0.25, -0.2) is 0 Å². The summed E-state index contributed by atoms with van der Waals surface area (Å²) in [6.45, 7) is 8.50. The van der Waals surface area contributed by atoms with Crippen molar-refractivity contribution in [3.63, 3.8) is 0 Å². The summed E-state index contributed by atoms with van der Waals surface area (Å²) in [6, 6.07) is 0.306. The Hall–Kier alpha value is -0.610. The third-order valence-corrected chi connectivity index (χ3v) is 3.22. The zero-order valence-electron chi connectivity index (χ0n) is 10.5. The molecular weight excluding hydrogens is 204 g/mol. The predicted molar refractivity (Wildman–Crippen MR) is 64.6 cm³/mol. The highest BCUT2D eigenvalue weighted by Crippen LogP contribution is 2.08. The van der Waals surface area contributed by atoms with Gasteiger partial charge >= 0.3 is 5.97 Å². The van der Waals surface area contributed by atoms with Crippen LogP contribution in [0.4, 0.5) is 0 Å². The van der Waals surface area contributed by atoms with Gasteiger partial charge in [-0.2, -0.15) is 0 Å². The van der Waals surface area contributed by atoms with E-state index in [0.717, 1.165) is 13.1 Å². The van der Waals surface area contributed by atoms with E-state index >= 15 is 0 Å². The Bertz CT molecular complexity index is 213. The van der Waals surface area contributed by atoms with Crippen LogP contribution in [0, 0.1) is 0 Å². The van der Waals surface area contributed by atoms with Gasteiger partial charge in [-0.15, -0.1) is 0 Å². The van der Waals surface area contributed by atoms with Crippen LogP contribution in [0.1, 0.15) is 33.1 Å². The Balaban J connectivity index is 2.28. The Morgan fingerprint density at radius 2 is 1.94 bits per heavy atom. The summed E-state index contributed by atoms with van der Waals surface area (Å²) in [4.78, 5) is 15.2. The minimum atomic E-state index is -0.729. The molecule has 1 aliphatic heterocycles. The van der Waals surface area contributed by atoms with Crippen LogP contribution in [0.2, 0.25) is 0 Å². The molecule has 0 spiro atoms. The third kappa shape index (κ3) is 4.94. The van der Waals surface area contributed by atoms with Crippen molar-refractivity contribution in [2.75, 3.05) is 32.7 Å². The molecule has 0 aliphatic carbocycles. The van der Waals surface area contributed by atoms with Gasteiger partial charge in [-0.05, 0) is 39.8 Å². The van der Waals surface area contributed by atoms with Crippen LogP contribution >= 0.6 is 0 Å². The minimum absolute atomic E-state index is 0.158. The molecule has 1 fully saturated rings. The number of rotatable bonds is 6. The first-order valence-electron chi connectivity index (χ1n) is 6.28. The average molecular weight is 228 g/mol. The zero-order valence-corrected chi connectivity index (χ0v) is 10.5. The van der Waals surface area contributed by atoms with Crippen LogP contribution in [0.15, 0.2) is 0 Å². The van der Waals surface area contributed by atoms with E-state index in [-0.39, 0.29) is 6.54 Å². The number of aliphatic carboxylic acids is 1. The van der Waals surface area contributed by atoms with Gasteiger partial charge < -0.3 is 10.0 Å². The fourth-order valence-electron chi connectivity index (χ4n) is 2.15. The van der Waals surface area contributed by atoms with Gasteiger partial charge in [0, 0.05) is 19.1 Å². The summed E-state index contributed by atoms with van der Waals surface area (Å²) in [5.74, 6) is -0.729. The topological polar surface area (TPSA) is 43.8 Å². The molecule has 1 aliphatic rings. The molecule has 0 aromatic carbocycles. The number of hydrogen-bond acceptors (Lipinski definition) is 3. The number of hydrogen-bond donors (Lipinski definition) is 1. The highest BCUT2D eigenvalue weighted by atomic mass is 16.4. The normalized spacial score (nSPS) is 18.2. The molecular formula is C12H24N2O2. The minimum Gasteiger partial charge on any atom is -0.480 e. The standard InChI is InChI=1S/C12H24N2O2/c1-11(2)14(10-12(15)16)9-8-13-6-4-3-5-7-13/h11H,3-10H2,1-2H3,(H,15,16). The Morgan fingerprint density at radius 3 is 2.44 bits per heavy atom. The van der Waals surface area contributed by atoms with Gasteiger partial charge in [0.05, 0.1) is 6.54 Å². The number of carboxylic acids is 1. The van der Waals surface area contributed by atoms with E-state index in [1.54, 1.807) is 0 Å². The lowest BCUT2D eigenvalue weighted by molar-refractivity contribution is -0.138. The lowest BCUT2D eigenvalue weighted by atomic mass is 10.1. The van der Waals surface area contributed by atoms with Gasteiger partial charge in [0.2, 0.25) is 0 Å². The SMILES string of the molecule is CC(C)N(CCN1CCCCC1)CC(=O)O. The molecule has 1 rings (SSSR count). The van der Waals surface area contributed by atoms with Gasteiger partial charge in [-0.1, -0.05) is 6.42 Å². The maximum Gasteiger partial charge on any atom is 0.317 e. The second kappa shape index (κ2) is 6.86. The quantitative estimate of drug-likeness (QED) is 0.743. The summed E-state index contributed by atoms with van der Waals surface area (Å²) in [5.41, 5.74) is 0. The molecule has 0 saturated carbocycles. The number of carbonyl (C=O) groups is 1. The molecule has 16 heavy (non-hydrogen) atoms. The van der Waals surface area contributed by atoms with Crippen LogP contribution < -0.4 is 0 Å². The van der Waals surface area contributed by atoms with Crippen LogP contribution in [0.3, 0.4) is 0 Å². The van der Waals surface area contributed by atoms with Crippen molar-refractivity contribution >= 4 is 5.97 Å². The zero-order chi connectivity index (χ0) is 12.0. The second-order valence-electron chi connectivity index (χ2n) is 4.86. The highest BCUT2D eigenvalue weighted by Gasteiger charge is 2.15. The van der Waals surface area contributed by atoms with E-state index in [1.807, 2.05) is 4.90 Å². The highest BCUT2D eigenvalue weighted by molar-refractivity contribution is 5.69. The Morgan fingerprint density at radius 1 is 1.31 bits per heavy atom. The average Bonchev–Trinajstić information content (AvgIpc) is 2.25. The first-order chi connectivity index (χ1) is 7.59. The van der Waals surface area contributed by atoms with Crippen molar-refractivity contribution in [2.24, 2.45) is 0 Å². The van der Waals surface area contributed by atoms with Gasteiger partial charge in [0.1, 0.15) is 0 Å². The van der Waals surface area contributed by atoms with Crippen molar-refractivity contribution in [2.45, 2.75) is 39.2 Å². The first-order valence-corrected chi connectivity index (χ1v) is 6.28. The lowest BCUT2D eigenvalue weighted by Crippen LogP contribution is -2.42. The van der Waals surface area contributed by atoms with Crippen molar-refractivity contribution < 1.29 is 9.90 Å². The molecule has 1 N–H and O–H groups in total. The molecule has 0 atom stereocenters. The monoisotopic (exact) mass is 228 g/mol. The summed E-state index contributed by atoms with van der Waals surface area (Å²) < 4.78 is 0. The Kier molecular flexibility index (Phi) is 5.77. The van der Waals surface area contributed by atoms with E-state index in [1.165, 1.54) is 32.4 Å². The predicted octanol–water partition coefficient (Wildman–Crippen LogP) is 1.27. The number of likely N-dealkylation sites (tertiary alicyclic amines) is 1. The van der Waals surface area contributed by atoms with E-state index in [0.29, 0.717) is 6.04 Å². The molecule has 0 aromatic heterocycles. The summed E-state index contributed by atoms with van der Waals surface area (Å²) >= 11 is 0. The summed E-state index contributed by atoms with van der Waals surface area (Å²) in [6.07, 6.45) is 3.93. The number of carboxylic acid groups (broad SMARTS) is 1. The van der Waals surface area contributed by atoms with Crippen LogP contribution in [-0.4, -0.2) is 59.6 Å². The van der Waals surface area contributed by atoms with Gasteiger partial charge in [0.25, 0.3) is 0 Å². The van der Waals surface area contributed by atoms with Crippen molar-refractivity contribution in [3.8, 4) is 0 Å². The second-order valence-corrected chi connectivity index (χ2v) is 4.86. The summed E-state index contributed by atoms with van der Waals surface area (Å²) in [5, 5.41) is 8.81. The molecule has 4 heteroatoms. The van der Waals surface area contributed by atoms with E-state index in [4.69, 9.17) is 5.11 Å². The smallest absolute Gasteiger partial charge is 0.317 e. The first kappa shape index (κ1) is 13.5. The lowest BCUT2D eigenvalue weighted by Gasteiger charge is -2.31. The molecule has 4 nitrogen and oxygen atoms in total. The third-order valence-electron chi connectivity index (χ3n) is 3.22. The fraction of sp³-hybridized carbons (Fsp3) is 0.917. The molecule has 0 aromatic rings. The maximum atomic E-state index is 10.7. The van der Waals surface area contributed by atoms with Crippen molar-refractivity contribution in [1.82, 2.24) is 9.80 Å². The molecule has 94 valence electrons. The van der Waals surface area contributed by atoms with Crippen LogP contribution in [-0.2, 0) is 4.79 Å². The van der Waals surface area contributed by atoms with E-state index in [9.17, 15) is 4.79 Å².